The van der Waals surface area contributed by atoms with Gasteiger partial charge in [-0.05, 0) is 54.3 Å². The molecule has 0 fully saturated rings. The van der Waals surface area contributed by atoms with Crippen LogP contribution in [0.25, 0.3) is 10.9 Å². The van der Waals surface area contributed by atoms with Gasteiger partial charge < -0.3 is 24.8 Å². The van der Waals surface area contributed by atoms with Gasteiger partial charge >= 0.3 is 0 Å². The Balaban J connectivity index is 1.71. The second-order valence-corrected chi connectivity index (χ2v) is 7.71. The van der Waals surface area contributed by atoms with E-state index in [-0.39, 0.29) is 19.3 Å². The standard InChI is InChI=1S/C22H23ClN2O4/c23-15-5-8-20-19(10-15)18-2-1-9-25(13-27)22(21(18)24-20)14-3-6-17(7-4-14)29-12-16(28)11-26/h3-8,10,13,16,22,24,26,28H,1-2,9,11-12H2. The van der Waals surface area contributed by atoms with Crippen LogP contribution in [0.3, 0.4) is 0 Å². The van der Waals surface area contributed by atoms with Crippen molar-refractivity contribution in [3.63, 3.8) is 0 Å². The van der Waals surface area contributed by atoms with Gasteiger partial charge in [-0.3, -0.25) is 4.79 Å². The first-order valence-electron chi connectivity index (χ1n) is 9.63. The number of nitrogens with zero attached hydrogens (tertiary/aromatic N) is 1. The molecule has 0 spiro atoms. The second-order valence-electron chi connectivity index (χ2n) is 7.27. The molecule has 2 heterocycles. The Morgan fingerprint density at radius 3 is 2.79 bits per heavy atom. The number of carbonyl (C=O) groups is 1. The predicted octanol–water partition coefficient (Wildman–Crippen LogP) is 3.05. The number of aryl methyl sites for hydroxylation is 1. The number of fused-ring (bicyclic) bond motifs is 3. The number of benzene rings is 2. The Labute approximate surface area is 173 Å². The highest BCUT2D eigenvalue weighted by molar-refractivity contribution is 6.31. The predicted molar refractivity (Wildman–Crippen MR) is 111 cm³/mol. The summed E-state index contributed by atoms with van der Waals surface area (Å²) in [4.78, 5) is 17.2. The third-order valence-corrected chi connectivity index (χ3v) is 5.57. The van der Waals surface area contributed by atoms with Crippen LogP contribution in [0.4, 0.5) is 0 Å². The molecule has 1 amide bonds. The van der Waals surface area contributed by atoms with Crippen LogP contribution in [0.2, 0.25) is 5.02 Å². The molecule has 0 radical (unpaired) electrons. The molecule has 2 atom stereocenters. The fraction of sp³-hybridized carbons (Fsp3) is 0.318. The molecule has 3 N–H and O–H groups in total. The van der Waals surface area contributed by atoms with Crippen LogP contribution >= 0.6 is 11.6 Å². The molecular weight excluding hydrogens is 392 g/mol. The average Bonchev–Trinajstić information content (AvgIpc) is 2.98. The van der Waals surface area contributed by atoms with Crippen LogP contribution < -0.4 is 4.74 Å². The van der Waals surface area contributed by atoms with Crippen molar-refractivity contribution in [3.8, 4) is 5.75 Å². The number of ether oxygens (including phenoxy) is 1. The van der Waals surface area contributed by atoms with E-state index in [4.69, 9.17) is 21.4 Å². The van der Waals surface area contributed by atoms with Crippen molar-refractivity contribution in [2.45, 2.75) is 25.0 Å². The number of H-pyrrole nitrogens is 1. The number of hydrogen-bond acceptors (Lipinski definition) is 4. The number of rotatable bonds is 6. The molecule has 152 valence electrons. The minimum Gasteiger partial charge on any atom is -0.491 e. The summed E-state index contributed by atoms with van der Waals surface area (Å²) < 4.78 is 5.49. The van der Waals surface area contributed by atoms with Crippen LogP contribution in [0.5, 0.6) is 5.75 Å². The molecule has 1 aliphatic heterocycles. The van der Waals surface area contributed by atoms with E-state index >= 15 is 0 Å². The summed E-state index contributed by atoms with van der Waals surface area (Å²) in [5.41, 5.74) is 4.18. The van der Waals surface area contributed by atoms with Crippen LogP contribution in [0.1, 0.15) is 29.3 Å². The molecule has 1 aromatic heterocycles. The number of amides is 1. The van der Waals surface area contributed by atoms with E-state index in [2.05, 4.69) is 4.98 Å². The molecular formula is C22H23ClN2O4. The van der Waals surface area contributed by atoms with Gasteiger partial charge in [0.15, 0.2) is 0 Å². The van der Waals surface area contributed by atoms with Crippen LogP contribution in [0.15, 0.2) is 42.5 Å². The minimum atomic E-state index is -0.914. The number of aliphatic hydroxyl groups excluding tert-OH is 2. The maximum absolute atomic E-state index is 11.9. The summed E-state index contributed by atoms with van der Waals surface area (Å²) in [5, 5.41) is 20.1. The molecule has 4 rings (SSSR count). The Kier molecular flexibility index (Phi) is 5.76. The summed E-state index contributed by atoms with van der Waals surface area (Å²) in [6.07, 6.45) is 1.74. The SMILES string of the molecule is O=CN1CCCc2c([nH]c3ccc(Cl)cc23)C1c1ccc(OCC(O)CO)cc1. The normalized spacial score (nSPS) is 17.6. The van der Waals surface area contributed by atoms with E-state index in [0.29, 0.717) is 17.3 Å². The number of hydrogen-bond donors (Lipinski definition) is 3. The van der Waals surface area contributed by atoms with Gasteiger partial charge in [-0.15, -0.1) is 0 Å². The van der Waals surface area contributed by atoms with E-state index in [9.17, 15) is 9.90 Å². The highest BCUT2D eigenvalue weighted by Gasteiger charge is 2.29. The van der Waals surface area contributed by atoms with Crippen molar-refractivity contribution >= 4 is 28.9 Å². The minimum absolute atomic E-state index is 0.0205. The Morgan fingerprint density at radius 1 is 1.28 bits per heavy atom. The molecule has 1 aliphatic rings. The molecule has 6 nitrogen and oxygen atoms in total. The Hall–Kier alpha value is -2.54. The molecule has 0 aliphatic carbocycles. The number of carbonyl (C=O) groups excluding carboxylic acids is 1. The van der Waals surface area contributed by atoms with E-state index in [0.717, 1.165) is 41.4 Å². The monoisotopic (exact) mass is 414 g/mol. The third kappa shape index (κ3) is 3.96. The Morgan fingerprint density at radius 2 is 2.07 bits per heavy atom. The summed E-state index contributed by atoms with van der Waals surface area (Å²) in [5.74, 6) is 0.594. The maximum Gasteiger partial charge on any atom is 0.210 e. The molecule has 0 bridgehead atoms. The lowest BCUT2D eigenvalue weighted by Gasteiger charge is -2.27. The van der Waals surface area contributed by atoms with E-state index in [1.807, 2.05) is 47.4 Å². The lowest BCUT2D eigenvalue weighted by atomic mass is 9.98. The first-order valence-corrected chi connectivity index (χ1v) is 10.0. The molecule has 2 aromatic carbocycles. The molecule has 0 saturated heterocycles. The number of aromatic nitrogens is 1. The van der Waals surface area contributed by atoms with Gasteiger partial charge in [-0.25, -0.2) is 0 Å². The van der Waals surface area contributed by atoms with E-state index < -0.39 is 6.10 Å². The first-order chi connectivity index (χ1) is 14.1. The van der Waals surface area contributed by atoms with Crippen LogP contribution in [-0.4, -0.2) is 52.4 Å². The zero-order chi connectivity index (χ0) is 20.4. The van der Waals surface area contributed by atoms with Crippen molar-refractivity contribution in [1.82, 2.24) is 9.88 Å². The van der Waals surface area contributed by atoms with E-state index in [1.54, 1.807) is 0 Å². The molecule has 3 aromatic rings. The molecule has 29 heavy (non-hydrogen) atoms. The van der Waals surface area contributed by atoms with E-state index in [1.165, 1.54) is 5.56 Å². The summed E-state index contributed by atoms with van der Waals surface area (Å²) in [7, 11) is 0. The van der Waals surface area contributed by atoms with Crippen molar-refractivity contribution in [2.24, 2.45) is 0 Å². The number of aliphatic hydroxyl groups is 2. The number of aromatic amines is 1. The first kappa shape index (κ1) is 19.8. The highest BCUT2D eigenvalue weighted by Crippen LogP contribution is 2.38. The van der Waals surface area contributed by atoms with Gasteiger partial charge in [-0.1, -0.05) is 23.7 Å². The van der Waals surface area contributed by atoms with Gasteiger partial charge in [0.2, 0.25) is 6.41 Å². The van der Waals surface area contributed by atoms with Gasteiger partial charge in [0.1, 0.15) is 18.5 Å². The quantitative estimate of drug-likeness (QED) is 0.541. The van der Waals surface area contributed by atoms with Gasteiger partial charge in [0, 0.05) is 28.2 Å². The van der Waals surface area contributed by atoms with Crippen molar-refractivity contribution < 1.29 is 19.7 Å². The van der Waals surface area contributed by atoms with Crippen LogP contribution in [0, 0.1) is 0 Å². The topological polar surface area (TPSA) is 85.8 Å². The maximum atomic E-state index is 11.9. The lowest BCUT2D eigenvalue weighted by molar-refractivity contribution is -0.119. The van der Waals surface area contributed by atoms with Gasteiger partial charge in [0.05, 0.1) is 12.6 Å². The van der Waals surface area contributed by atoms with Crippen molar-refractivity contribution in [2.75, 3.05) is 19.8 Å². The summed E-state index contributed by atoms with van der Waals surface area (Å²) in [6.45, 7) is 0.341. The fourth-order valence-corrected chi connectivity index (χ4v) is 4.11. The zero-order valence-corrected chi connectivity index (χ0v) is 16.6. The lowest BCUT2D eigenvalue weighted by Crippen LogP contribution is -2.28. The fourth-order valence-electron chi connectivity index (χ4n) is 3.94. The smallest absolute Gasteiger partial charge is 0.210 e. The second kappa shape index (κ2) is 8.45. The van der Waals surface area contributed by atoms with Gasteiger partial charge in [0.25, 0.3) is 0 Å². The highest BCUT2D eigenvalue weighted by atomic mass is 35.5. The molecule has 2 unspecified atom stereocenters. The number of halogens is 1. The largest absolute Gasteiger partial charge is 0.491 e. The number of nitrogens with one attached hydrogen (secondary N) is 1. The zero-order valence-electron chi connectivity index (χ0n) is 15.8. The Bertz CT molecular complexity index is 1000. The molecule has 7 heteroatoms. The van der Waals surface area contributed by atoms with Crippen molar-refractivity contribution in [1.29, 1.82) is 0 Å². The van der Waals surface area contributed by atoms with Crippen LogP contribution in [-0.2, 0) is 11.2 Å². The van der Waals surface area contributed by atoms with Gasteiger partial charge in [-0.2, -0.15) is 0 Å². The summed E-state index contributed by atoms with van der Waals surface area (Å²) in [6, 6.07) is 13.1. The summed E-state index contributed by atoms with van der Waals surface area (Å²) >= 11 is 6.22. The molecule has 0 saturated carbocycles. The average molecular weight is 415 g/mol. The third-order valence-electron chi connectivity index (χ3n) is 5.33. The van der Waals surface area contributed by atoms with Crippen molar-refractivity contribution in [3.05, 3.63) is 64.3 Å².